The van der Waals surface area contributed by atoms with Gasteiger partial charge in [-0.1, -0.05) is 0 Å². The third kappa shape index (κ3) is 3.03. The number of nitrogens with two attached hydrogens (primary N) is 1. The lowest BCUT2D eigenvalue weighted by Gasteiger charge is -2.08. The van der Waals surface area contributed by atoms with Gasteiger partial charge in [-0.05, 0) is 32.0 Å². The number of carbonyl (C=O) groups is 1. The van der Waals surface area contributed by atoms with Crippen LogP contribution in [0.3, 0.4) is 0 Å². The summed E-state index contributed by atoms with van der Waals surface area (Å²) in [6, 6.07) is 6.70. The maximum absolute atomic E-state index is 12.1. The van der Waals surface area contributed by atoms with Crippen LogP contribution in [0.15, 0.2) is 24.3 Å². The summed E-state index contributed by atoms with van der Waals surface area (Å²) in [5.74, 6) is 0.513. The zero-order chi connectivity index (χ0) is 14.7. The number of hydrogen-bond acceptors (Lipinski definition) is 5. The van der Waals surface area contributed by atoms with E-state index in [1.54, 1.807) is 18.2 Å². The number of methoxy groups -OCH3 is 1. The van der Waals surface area contributed by atoms with Gasteiger partial charge in [0.05, 0.1) is 12.7 Å². The Balaban J connectivity index is 2.23. The first-order valence-electron chi connectivity index (χ1n) is 6.06. The molecule has 0 atom stereocenters. The summed E-state index contributed by atoms with van der Waals surface area (Å²) >= 11 is 0. The van der Waals surface area contributed by atoms with Gasteiger partial charge in [-0.25, -0.2) is 9.97 Å². The second kappa shape index (κ2) is 5.56. The molecular formula is C14H16N4O2. The Labute approximate surface area is 117 Å². The minimum atomic E-state index is -0.352. The summed E-state index contributed by atoms with van der Waals surface area (Å²) in [7, 11) is 1.54. The van der Waals surface area contributed by atoms with E-state index in [4.69, 9.17) is 10.5 Å². The lowest BCUT2D eigenvalue weighted by atomic mass is 10.1. The van der Waals surface area contributed by atoms with Gasteiger partial charge in [-0.3, -0.25) is 10.1 Å². The zero-order valence-electron chi connectivity index (χ0n) is 11.6. The second-order valence-electron chi connectivity index (χ2n) is 4.38. The molecule has 0 aliphatic rings. The molecule has 0 unspecified atom stereocenters. The molecule has 104 valence electrons. The van der Waals surface area contributed by atoms with Gasteiger partial charge in [-0.15, -0.1) is 0 Å². The first kappa shape index (κ1) is 13.8. The van der Waals surface area contributed by atoms with E-state index >= 15 is 0 Å². The van der Waals surface area contributed by atoms with E-state index in [-0.39, 0.29) is 11.9 Å². The van der Waals surface area contributed by atoms with Crippen molar-refractivity contribution in [3.63, 3.8) is 0 Å². The second-order valence-corrected chi connectivity index (χ2v) is 4.38. The van der Waals surface area contributed by atoms with Crippen molar-refractivity contribution in [1.29, 1.82) is 0 Å². The first-order chi connectivity index (χ1) is 9.49. The predicted molar refractivity (Wildman–Crippen MR) is 76.9 cm³/mol. The van der Waals surface area contributed by atoms with E-state index in [9.17, 15) is 4.79 Å². The van der Waals surface area contributed by atoms with Crippen LogP contribution in [0.1, 0.15) is 21.7 Å². The molecule has 0 fully saturated rings. The number of nitrogens with one attached hydrogen (secondary N) is 1. The van der Waals surface area contributed by atoms with Gasteiger partial charge in [0.2, 0.25) is 5.95 Å². The molecule has 2 rings (SSSR count). The van der Waals surface area contributed by atoms with E-state index < -0.39 is 0 Å². The van der Waals surface area contributed by atoms with Gasteiger partial charge < -0.3 is 10.5 Å². The zero-order valence-corrected chi connectivity index (χ0v) is 11.6. The Morgan fingerprint density at radius 2 is 1.85 bits per heavy atom. The lowest BCUT2D eigenvalue weighted by Crippen LogP contribution is -2.16. The molecule has 0 aliphatic carbocycles. The number of nitrogens with zero attached hydrogens (tertiary/aromatic N) is 2. The third-order valence-electron chi connectivity index (χ3n) is 2.71. The van der Waals surface area contributed by atoms with Gasteiger partial charge in [0, 0.05) is 23.1 Å². The van der Waals surface area contributed by atoms with Crippen molar-refractivity contribution in [3.05, 3.63) is 41.2 Å². The van der Waals surface area contributed by atoms with E-state index in [2.05, 4.69) is 15.3 Å². The number of amides is 1. The quantitative estimate of drug-likeness (QED) is 0.833. The fraction of sp³-hybridized carbons (Fsp3) is 0.214. The van der Waals surface area contributed by atoms with Crippen molar-refractivity contribution in [2.24, 2.45) is 0 Å². The molecule has 20 heavy (non-hydrogen) atoms. The SMILES string of the molecule is COc1ccc(C(=O)Nc2nc(C)cc(C)n2)c(N)c1. The number of rotatable bonds is 3. The minimum Gasteiger partial charge on any atom is -0.497 e. The van der Waals surface area contributed by atoms with Crippen molar-refractivity contribution in [3.8, 4) is 5.75 Å². The van der Waals surface area contributed by atoms with E-state index in [1.807, 2.05) is 19.9 Å². The number of aromatic nitrogens is 2. The number of carbonyl (C=O) groups excluding carboxylic acids is 1. The average Bonchev–Trinajstić information content (AvgIpc) is 2.36. The molecule has 6 heteroatoms. The molecule has 6 nitrogen and oxygen atoms in total. The molecule has 1 aromatic carbocycles. The smallest absolute Gasteiger partial charge is 0.260 e. The van der Waals surface area contributed by atoms with Crippen molar-refractivity contribution in [1.82, 2.24) is 9.97 Å². The van der Waals surface area contributed by atoms with Crippen molar-refractivity contribution < 1.29 is 9.53 Å². The molecular weight excluding hydrogens is 256 g/mol. The summed E-state index contributed by atoms with van der Waals surface area (Å²) in [5, 5.41) is 2.64. The van der Waals surface area contributed by atoms with Gasteiger partial charge in [0.25, 0.3) is 5.91 Å². The van der Waals surface area contributed by atoms with Crippen molar-refractivity contribution >= 4 is 17.5 Å². The van der Waals surface area contributed by atoms with E-state index in [0.717, 1.165) is 11.4 Å². The maximum atomic E-state index is 12.1. The fourth-order valence-electron chi connectivity index (χ4n) is 1.83. The van der Waals surface area contributed by atoms with E-state index in [1.165, 1.54) is 7.11 Å². The average molecular weight is 272 g/mol. The summed E-state index contributed by atoms with van der Waals surface area (Å²) in [6.45, 7) is 3.68. The van der Waals surface area contributed by atoms with Crippen LogP contribution in [0.5, 0.6) is 5.75 Å². The number of anilines is 2. The largest absolute Gasteiger partial charge is 0.497 e. The standard InChI is InChI=1S/C14H16N4O2/c1-8-6-9(2)17-14(16-8)18-13(19)11-5-4-10(20-3)7-12(11)15/h4-7H,15H2,1-3H3,(H,16,17,18,19). The van der Waals surface area contributed by atoms with Crippen LogP contribution in [0.25, 0.3) is 0 Å². The molecule has 1 aromatic heterocycles. The summed E-state index contributed by atoms with van der Waals surface area (Å²) in [6.07, 6.45) is 0. The molecule has 0 spiro atoms. The molecule has 1 amide bonds. The Morgan fingerprint density at radius 1 is 1.20 bits per heavy atom. The Hall–Kier alpha value is -2.63. The minimum absolute atomic E-state index is 0.266. The normalized spacial score (nSPS) is 10.2. The summed E-state index contributed by atoms with van der Waals surface area (Å²) in [5.41, 5.74) is 8.10. The van der Waals surface area contributed by atoms with Crippen LogP contribution < -0.4 is 15.8 Å². The Kier molecular flexibility index (Phi) is 3.84. The van der Waals surface area contributed by atoms with Crippen LogP contribution in [-0.4, -0.2) is 23.0 Å². The number of aryl methyl sites for hydroxylation is 2. The van der Waals surface area contributed by atoms with Gasteiger partial charge >= 0.3 is 0 Å². The molecule has 0 saturated heterocycles. The van der Waals surface area contributed by atoms with Crippen molar-refractivity contribution in [2.45, 2.75) is 13.8 Å². The van der Waals surface area contributed by atoms with Gasteiger partial charge in [0.1, 0.15) is 5.75 Å². The Morgan fingerprint density at radius 3 is 2.40 bits per heavy atom. The highest BCUT2D eigenvalue weighted by Crippen LogP contribution is 2.20. The van der Waals surface area contributed by atoms with Crippen LogP contribution in [0.2, 0.25) is 0 Å². The molecule has 0 radical (unpaired) electrons. The van der Waals surface area contributed by atoms with Gasteiger partial charge in [-0.2, -0.15) is 0 Å². The highest BCUT2D eigenvalue weighted by Gasteiger charge is 2.12. The predicted octanol–water partition coefficient (Wildman–Crippen LogP) is 1.94. The van der Waals surface area contributed by atoms with Crippen molar-refractivity contribution in [2.75, 3.05) is 18.2 Å². The Bertz CT molecular complexity index is 635. The van der Waals surface area contributed by atoms with Crippen LogP contribution in [0.4, 0.5) is 11.6 Å². The fourth-order valence-corrected chi connectivity index (χ4v) is 1.83. The van der Waals surface area contributed by atoms with Crippen LogP contribution in [-0.2, 0) is 0 Å². The summed E-state index contributed by atoms with van der Waals surface area (Å²) in [4.78, 5) is 20.5. The highest BCUT2D eigenvalue weighted by molar-refractivity contribution is 6.07. The molecule has 3 N–H and O–H groups in total. The third-order valence-corrected chi connectivity index (χ3v) is 2.71. The lowest BCUT2D eigenvalue weighted by molar-refractivity contribution is 0.102. The number of nitrogen functional groups attached to an aromatic ring is 1. The molecule has 2 aromatic rings. The molecule has 0 saturated carbocycles. The van der Waals surface area contributed by atoms with Crippen LogP contribution in [0, 0.1) is 13.8 Å². The molecule has 0 bridgehead atoms. The molecule has 1 heterocycles. The molecule has 0 aliphatic heterocycles. The number of hydrogen-bond donors (Lipinski definition) is 2. The number of ether oxygens (including phenoxy) is 1. The monoisotopic (exact) mass is 272 g/mol. The highest BCUT2D eigenvalue weighted by atomic mass is 16.5. The topological polar surface area (TPSA) is 90.1 Å². The van der Waals surface area contributed by atoms with Crippen LogP contribution >= 0.6 is 0 Å². The first-order valence-corrected chi connectivity index (χ1v) is 6.06. The summed E-state index contributed by atoms with van der Waals surface area (Å²) < 4.78 is 5.04. The van der Waals surface area contributed by atoms with E-state index in [0.29, 0.717) is 17.0 Å². The van der Waals surface area contributed by atoms with Gasteiger partial charge in [0.15, 0.2) is 0 Å². The number of benzene rings is 1. The maximum Gasteiger partial charge on any atom is 0.260 e.